The number of nitrogens with zero attached hydrogens (tertiary/aromatic N) is 1. The van der Waals surface area contributed by atoms with Crippen molar-refractivity contribution in [2.24, 2.45) is 0 Å². The third-order valence-corrected chi connectivity index (χ3v) is 3.85. The Hall–Kier alpha value is -2.93. The number of pyridine rings is 1. The van der Waals surface area contributed by atoms with Gasteiger partial charge in [0.2, 0.25) is 0 Å². The van der Waals surface area contributed by atoms with Gasteiger partial charge in [0.05, 0.1) is 11.7 Å². The minimum Gasteiger partial charge on any atom is -0.393 e. The fourth-order valence-corrected chi connectivity index (χ4v) is 2.41. The molecule has 0 radical (unpaired) electrons. The zero-order chi connectivity index (χ0) is 19.1. The van der Waals surface area contributed by atoms with Crippen LogP contribution in [0.1, 0.15) is 39.6 Å². The number of carbonyl (C=O) groups is 2. The van der Waals surface area contributed by atoms with E-state index in [-0.39, 0.29) is 11.1 Å². The highest BCUT2D eigenvalue weighted by molar-refractivity contribution is 5.99. The van der Waals surface area contributed by atoms with Crippen molar-refractivity contribution >= 4 is 11.8 Å². The van der Waals surface area contributed by atoms with Gasteiger partial charge in [-0.2, -0.15) is 0 Å². The zero-order valence-electron chi connectivity index (χ0n) is 14.9. The molecular formula is C19H23N3O4. The second-order valence-corrected chi connectivity index (χ2v) is 6.17. The second-order valence-electron chi connectivity index (χ2n) is 6.17. The van der Waals surface area contributed by atoms with E-state index in [0.29, 0.717) is 19.5 Å². The lowest BCUT2D eigenvalue weighted by Crippen LogP contribution is -2.33. The number of hydrogen-bond acceptors (Lipinski definition) is 4. The standard InChI is InChI=1S/C19H23N3O4/c1-13(23)8-9-20-17(24)15-10-16(18(25)21-11-15)19(26)22(2)12-14-6-4-3-5-7-14/h3-7,10-11,13,23H,8-9,12H2,1-2H3,(H,20,24)(H,21,25). The number of H-pyrrole nitrogens is 1. The van der Waals surface area contributed by atoms with Crippen LogP contribution in [0.4, 0.5) is 0 Å². The minimum absolute atomic E-state index is 0.0911. The first-order chi connectivity index (χ1) is 12.4. The molecule has 0 spiro atoms. The smallest absolute Gasteiger partial charge is 0.260 e. The van der Waals surface area contributed by atoms with E-state index >= 15 is 0 Å². The molecule has 1 heterocycles. The SMILES string of the molecule is CC(O)CCNC(=O)c1c[nH]c(=O)c(C(=O)N(C)Cc2ccccc2)c1. The molecular weight excluding hydrogens is 334 g/mol. The van der Waals surface area contributed by atoms with E-state index in [1.54, 1.807) is 14.0 Å². The summed E-state index contributed by atoms with van der Waals surface area (Å²) in [5, 5.41) is 11.9. The predicted octanol–water partition coefficient (Wildman–Crippen LogP) is 1.15. The number of hydrogen-bond donors (Lipinski definition) is 3. The summed E-state index contributed by atoms with van der Waals surface area (Å²) in [4.78, 5) is 40.6. The summed E-state index contributed by atoms with van der Waals surface area (Å²) in [6.07, 6.45) is 1.17. The van der Waals surface area contributed by atoms with E-state index < -0.39 is 23.5 Å². The first kappa shape index (κ1) is 19.4. The van der Waals surface area contributed by atoms with E-state index in [2.05, 4.69) is 10.3 Å². The lowest BCUT2D eigenvalue weighted by molar-refractivity contribution is 0.0783. The fraction of sp³-hybridized carbons (Fsp3) is 0.316. The fourth-order valence-electron chi connectivity index (χ4n) is 2.41. The van der Waals surface area contributed by atoms with Crippen LogP contribution in [-0.4, -0.2) is 46.5 Å². The topological polar surface area (TPSA) is 102 Å². The lowest BCUT2D eigenvalue weighted by Gasteiger charge is -2.17. The largest absolute Gasteiger partial charge is 0.393 e. The van der Waals surface area contributed by atoms with Crippen molar-refractivity contribution in [3.05, 3.63) is 69.6 Å². The van der Waals surface area contributed by atoms with Crippen LogP contribution in [0.25, 0.3) is 0 Å². The molecule has 1 unspecified atom stereocenters. The summed E-state index contributed by atoms with van der Waals surface area (Å²) in [5.41, 5.74) is 0.487. The van der Waals surface area contributed by atoms with E-state index in [1.807, 2.05) is 30.3 Å². The third kappa shape index (κ3) is 5.29. The molecule has 7 heteroatoms. The van der Waals surface area contributed by atoms with Crippen molar-refractivity contribution in [1.29, 1.82) is 0 Å². The van der Waals surface area contributed by atoms with E-state index in [0.717, 1.165) is 5.56 Å². The van der Waals surface area contributed by atoms with Crippen LogP contribution in [0.2, 0.25) is 0 Å². The Morgan fingerprint density at radius 3 is 2.62 bits per heavy atom. The summed E-state index contributed by atoms with van der Waals surface area (Å²) < 4.78 is 0. The molecule has 0 aliphatic rings. The molecule has 1 aromatic carbocycles. The van der Waals surface area contributed by atoms with Gasteiger partial charge < -0.3 is 20.3 Å². The highest BCUT2D eigenvalue weighted by atomic mass is 16.3. The van der Waals surface area contributed by atoms with Crippen LogP contribution in [0, 0.1) is 0 Å². The number of benzene rings is 1. The van der Waals surface area contributed by atoms with Crippen molar-refractivity contribution in [2.45, 2.75) is 26.0 Å². The van der Waals surface area contributed by atoms with Gasteiger partial charge in [0.25, 0.3) is 17.4 Å². The first-order valence-corrected chi connectivity index (χ1v) is 8.37. The van der Waals surface area contributed by atoms with E-state index in [9.17, 15) is 19.5 Å². The molecule has 1 atom stereocenters. The van der Waals surface area contributed by atoms with Crippen molar-refractivity contribution in [2.75, 3.05) is 13.6 Å². The van der Waals surface area contributed by atoms with Crippen LogP contribution < -0.4 is 10.9 Å². The number of aliphatic hydroxyl groups excluding tert-OH is 1. The molecule has 0 saturated carbocycles. The van der Waals surface area contributed by atoms with Gasteiger partial charge in [-0.15, -0.1) is 0 Å². The van der Waals surface area contributed by atoms with Crippen LogP contribution in [0.5, 0.6) is 0 Å². The Morgan fingerprint density at radius 2 is 1.96 bits per heavy atom. The van der Waals surface area contributed by atoms with Gasteiger partial charge >= 0.3 is 0 Å². The monoisotopic (exact) mass is 357 g/mol. The summed E-state index contributed by atoms with van der Waals surface area (Å²) in [6, 6.07) is 10.7. The Kier molecular flexibility index (Phi) is 6.68. The number of aromatic nitrogens is 1. The highest BCUT2D eigenvalue weighted by Gasteiger charge is 2.18. The van der Waals surface area contributed by atoms with Gasteiger partial charge in [-0.3, -0.25) is 14.4 Å². The first-order valence-electron chi connectivity index (χ1n) is 8.37. The molecule has 0 aliphatic carbocycles. The van der Waals surface area contributed by atoms with Gasteiger partial charge in [-0.1, -0.05) is 30.3 Å². The molecule has 138 valence electrons. The van der Waals surface area contributed by atoms with Crippen LogP contribution >= 0.6 is 0 Å². The minimum atomic E-state index is -0.546. The Bertz CT molecular complexity index is 815. The summed E-state index contributed by atoms with van der Waals surface area (Å²) in [6.45, 7) is 2.28. The number of amides is 2. The van der Waals surface area contributed by atoms with Gasteiger partial charge in [-0.05, 0) is 25.0 Å². The van der Waals surface area contributed by atoms with Crippen LogP contribution in [0.3, 0.4) is 0 Å². The average molecular weight is 357 g/mol. The van der Waals surface area contributed by atoms with Gasteiger partial charge in [0.1, 0.15) is 5.56 Å². The summed E-state index contributed by atoms with van der Waals surface area (Å²) in [5.74, 6) is -0.879. The normalized spacial score (nSPS) is 11.7. The summed E-state index contributed by atoms with van der Waals surface area (Å²) in [7, 11) is 1.60. The molecule has 7 nitrogen and oxygen atoms in total. The molecule has 1 aromatic heterocycles. The molecule has 3 N–H and O–H groups in total. The molecule has 2 amide bonds. The van der Waals surface area contributed by atoms with Crippen molar-refractivity contribution in [3.8, 4) is 0 Å². The predicted molar refractivity (Wildman–Crippen MR) is 97.9 cm³/mol. The maximum absolute atomic E-state index is 12.6. The molecule has 2 aromatic rings. The number of rotatable bonds is 7. The van der Waals surface area contributed by atoms with Crippen LogP contribution in [0.15, 0.2) is 47.4 Å². The maximum Gasteiger partial charge on any atom is 0.260 e. The second kappa shape index (κ2) is 8.96. The summed E-state index contributed by atoms with van der Waals surface area (Å²) >= 11 is 0. The van der Waals surface area contributed by atoms with E-state index in [1.165, 1.54) is 17.2 Å². The highest BCUT2D eigenvalue weighted by Crippen LogP contribution is 2.07. The van der Waals surface area contributed by atoms with Gasteiger partial charge in [0.15, 0.2) is 0 Å². The number of aliphatic hydroxyl groups is 1. The van der Waals surface area contributed by atoms with Gasteiger partial charge in [-0.25, -0.2) is 0 Å². The third-order valence-electron chi connectivity index (χ3n) is 3.85. The Morgan fingerprint density at radius 1 is 1.27 bits per heavy atom. The van der Waals surface area contributed by atoms with Gasteiger partial charge in [0, 0.05) is 26.3 Å². The Balaban J connectivity index is 2.11. The van der Waals surface area contributed by atoms with Crippen molar-refractivity contribution < 1.29 is 14.7 Å². The lowest BCUT2D eigenvalue weighted by atomic mass is 10.1. The zero-order valence-corrected chi connectivity index (χ0v) is 14.9. The quantitative estimate of drug-likeness (QED) is 0.692. The molecule has 0 bridgehead atoms. The number of aromatic amines is 1. The van der Waals surface area contributed by atoms with Crippen molar-refractivity contribution in [3.63, 3.8) is 0 Å². The van der Waals surface area contributed by atoms with E-state index in [4.69, 9.17) is 0 Å². The maximum atomic E-state index is 12.6. The van der Waals surface area contributed by atoms with Crippen LogP contribution in [-0.2, 0) is 6.54 Å². The molecule has 0 saturated heterocycles. The molecule has 2 rings (SSSR count). The Labute approximate surface area is 151 Å². The average Bonchev–Trinajstić information content (AvgIpc) is 2.62. The molecule has 0 aliphatic heterocycles. The molecule has 26 heavy (non-hydrogen) atoms. The number of carbonyl (C=O) groups excluding carboxylic acids is 2. The molecule has 0 fully saturated rings. The number of nitrogens with one attached hydrogen (secondary N) is 2. The van der Waals surface area contributed by atoms with Crippen molar-refractivity contribution in [1.82, 2.24) is 15.2 Å².